The molecule has 1 aliphatic carbocycles. The SMILES string of the molecule is C=C(CC)CC(NC)C1CCc2ccccc21. The maximum absolute atomic E-state index is 4.15. The lowest BCUT2D eigenvalue weighted by molar-refractivity contribution is 0.452. The van der Waals surface area contributed by atoms with E-state index in [2.05, 4.69) is 50.1 Å². The fraction of sp³-hybridized carbons (Fsp3) is 0.500. The van der Waals surface area contributed by atoms with E-state index in [1.807, 2.05) is 0 Å². The Morgan fingerprint density at radius 1 is 1.47 bits per heavy atom. The quantitative estimate of drug-likeness (QED) is 0.760. The Labute approximate surface area is 105 Å². The van der Waals surface area contributed by atoms with Crippen LogP contribution in [0.4, 0.5) is 0 Å². The van der Waals surface area contributed by atoms with E-state index < -0.39 is 0 Å². The minimum Gasteiger partial charge on any atom is -0.316 e. The van der Waals surface area contributed by atoms with Crippen LogP contribution in [-0.4, -0.2) is 13.1 Å². The lowest BCUT2D eigenvalue weighted by Gasteiger charge is -2.24. The summed E-state index contributed by atoms with van der Waals surface area (Å²) in [6, 6.07) is 9.44. The van der Waals surface area contributed by atoms with Gasteiger partial charge in [0.15, 0.2) is 0 Å². The van der Waals surface area contributed by atoms with E-state index >= 15 is 0 Å². The largest absolute Gasteiger partial charge is 0.316 e. The van der Waals surface area contributed by atoms with Crippen molar-refractivity contribution in [3.8, 4) is 0 Å². The molecule has 1 aliphatic rings. The standard InChI is InChI=1S/C16H23N/c1-4-12(2)11-16(17-3)15-10-9-13-7-5-6-8-14(13)15/h5-8,15-17H,2,4,9-11H2,1,3H3. The number of likely N-dealkylation sites (N-methyl/N-ethyl adjacent to an activating group) is 1. The van der Waals surface area contributed by atoms with Crippen molar-refractivity contribution in [2.24, 2.45) is 0 Å². The number of benzene rings is 1. The van der Waals surface area contributed by atoms with Crippen LogP contribution in [0, 0.1) is 0 Å². The highest BCUT2D eigenvalue weighted by Crippen LogP contribution is 2.37. The number of nitrogens with one attached hydrogen (secondary N) is 1. The number of rotatable bonds is 5. The summed E-state index contributed by atoms with van der Waals surface area (Å²) in [4.78, 5) is 0. The average Bonchev–Trinajstić information content (AvgIpc) is 2.79. The minimum absolute atomic E-state index is 0.547. The van der Waals surface area contributed by atoms with Crippen LogP contribution >= 0.6 is 0 Å². The first-order valence-electron chi connectivity index (χ1n) is 6.68. The molecule has 1 aromatic carbocycles. The van der Waals surface area contributed by atoms with Crippen LogP contribution in [0.2, 0.25) is 0 Å². The van der Waals surface area contributed by atoms with Crippen molar-refractivity contribution in [1.29, 1.82) is 0 Å². The zero-order valence-electron chi connectivity index (χ0n) is 11.0. The first kappa shape index (κ1) is 12.4. The Morgan fingerprint density at radius 2 is 2.24 bits per heavy atom. The molecule has 0 saturated carbocycles. The zero-order chi connectivity index (χ0) is 12.3. The van der Waals surface area contributed by atoms with Crippen molar-refractivity contribution < 1.29 is 0 Å². The number of fused-ring (bicyclic) bond motifs is 1. The lowest BCUT2D eigenvalue weighted by atomic mass is 9.88. The molecule has 0 heterocycles. The fourth-order valence-corrected chi connectivity index (χ4v) is 2.91. The Hall–Kier alpha value is -1.08. The summed E-state index contributed by atoms with van der Waals surface area (Å²) >= 11 is 0. The van der Waals surface area contributed by atoms with Crippen molar-refractivity contribution in [3.63, 3.8) is 0 Å². The summed E-state index contributed by atoms with van der Waals surface area (Å²) in [5.74, 6) is 0.666. The molecule has 1 N–H and O–H groups in total. The van der Waals surface area contributed by atoms with Crippen LogP contribution in [0.15, 0.2) is 36.4 Å². The van der Waals surface area contributed by atoms with Gasteiger partial charge in [0.05, 0.1) is 0 Å². The molecular weight excluding hydrogens is 206 g/mol. The average molecular weight is 229 g/mol. The van der Waals surface area contributed by atoms with E-state index in [1.54, 1.807) is 11.1 Å². The molecule has 0 bridgehead atoms. The molecule has 1 aromatic rings. The van der Waals surface area contributed by atoms with E-state index in [1.165, 1.54) is 18.4 Å². The molecule has 0 aromatic heterocycles. The second kappa shape index (κ2) is 5.50. The summed E-state index contributed by atoms with van der Waals surface area (Å²) in [5, 5.41) is 3.49. The third-order valence-electron chi connectivity index (χ3n) is 4.04. The molecular formula is C16H23N. The van der Waals surface area contributed by atoms with Crippen molar-refractivity contribution in [1.82, 2.24) is 5.32 Å². The van der Waals surface area contributed by atoms with Gasteiger partial charge in [-0.25, -0.2) is 0 Å². The van der Waals surface area contributed by atoms with Gasteiger partial charge in [0, 0.05) is 12.0 Å². The second-order valence-electron chi connectivity index (χ2n) is 5.05. The van der Waals surface area contributed by atoms with Gasteiger partial charge in [0.1, 0.15) is 0 Å². The van der Waals surface area contributed by atoms with Gasteiger partial charge < -0.3 is 5.32 Å². The molecule has 1 heteroatoms. The first-order valence-corrected chi connectivity index (χ1v) is 6.68. The zero-order valence-corrected chi connectivity index (χ0v) is 11.0. The molecule has 2 rings (SSSR count). The van der Waals surface area contributed by atoms with Gasteiger partial charge in [-0.1, -0.05) is 43.3 Å². The highest BCUT2D eigenvalue weighted by Gasteiger charge is 2.28. The van der Waals surface area contributed by atoms with Crippen LogP contribution in [-0.2, 0) is 6.42 Å². The predicted octanol–water partition coefficient (Wildman–Crippen LogP) is 3.66. The Balaban J connectivity index is 2.14. The van der Waals surface area contributed by atoms with Crippen LogP contribution in [0.5, 0.6) is 0 Å². The smallest absolute Gasteiger partial charge is 0.0170 e. The van der Waals surface area contributed by atoms with E-state index in [9.17, 15) is 0 Å². The number of hydrogen-bond donors (Lipinski definition) is 1. The Morgan fingerprint density at radius 3 is 2.94 bits per heavy atom. The third-order valence-corrected chi connectivity index (χ3v) is 4.04. The van der Waals surface area contributed by atoms with Gasteiger partial charge >= 0.3 is 0 Å². The maximum Gasteiger partial charge on any atom is 0.0170 e. The van der Waals surface area contributed by atoms with Crippen molar-refractivity contribution in [3.05, 3.63) is 47.5 Å². The first-order chi connectivity index (χ1) is 8.26. The number of hydrogen-bond acceptors (Lipinski definition) is 1. The molecule has 0 radical (unpaired) electrons. The van der Waals surface area contributed by atoms with Gasteiger partial charge in [-0.2, -0.15) is 0 Å². The molecule has 2 unspecified atom stereocenters. The maximum atomic E-state index is 4.15. The van der Waals surface area contributed by atoms with Gasteiger partial charge in [-0.3, -0.25) is 0 Å². The van der Waals surface area contributed by atoms with Crippen molar-refractivity contribution in [2.45, 2.75) is 44.6 Å². The van der Waals surface area contributed by atoms with Crippen LogP contribution in [0.25, 0.3) is 0 Å². The van der Waals surface area contributed by atoms with E-state index in [-0.39, 0.29) is 0 Å². The third kappa shape index (κ3) is 2.61. The molecule has 17 heavy (non-hydrogen) atoms. The Kier molecular flexibility index (Phi) is 4.01. The van der Waals surface area contributed by atoms with E-state index in [4.69, 9.17) is 0 Å². The van der Waals surface area contributed by atoms with E-state index in [0.717, 1.165) is 12.8 Å². The highest BCUT2D eigenvalue weighted by molar-refractivity contribution is 5.36. The minimum atomic E-state index is 0.547. The number of aryl methyl sites for hydroxylation is 1. The second-order valence-corrected chi connectivity index (χ2v) is 5.05. The van der Waals surface area contributed by atoms with Crippen LogP contribution in [0.1, 0.15) is 43.2 Å². The van der Waals surface area contributed by atoms with Crippen LogP contribution < -0.4 is 5.32 Å². The molecule has 92 valence electrons. The van der Waals surface area contributed by atoms with Crippen molar-refractivity contribution >= 4 is 0 Å². The molecule has 2 atom stereocenters. The lowest BCUT2D eigenvalue weighted by Crippen LogP contribution is -2.31. The summed E-state index contributed by atoms with van der Waals surface area (Å²) < 4.78 is 0. The molecule has 0 fully saturated rings. The van der Waals surface area contributed by atoms with Gasteiger partial charge in [-0.15, -0.1) is 0 Å². The summed E-state index contributed by atoms with van der Waals surface area (Å²) in [6.45, 7) is 6.34. The van der Waals surface area contributed by atoms with E-state index in [0.29, 0.717) is 12.0 Å². The monoisotopic (exact) mass is 229 g/mol. The topological polar surface area (TPSA) is 12.0 Å². The molecule has 0 spiro atoms. The predicted molar refractivity (Wildman–Crippen MR) is 74.4 cm³/mol. The summed E-state index contributed by atoms with van der Waals surface area (Å²) in [7, 11) is 2.08. The summed E-state index contributed by atoms with van der Waals surface area (Å²) in [5.41, 5.74) is 4.45. The fourth-order valence-electron chi connectivity index (χ4n) is 2.91. The normalized spacial score (nSPS) is 20.0. The van der Waals surface area contributed by atoms with Gasteiger partial charge in [0.2, 0.25) is 0 Å². The van der Waals surface area contributed by atoms with Crippen LogP contribution in [0.3, 0.4) is 0 Å². The highest BCUT2D eigenvalue weighted by atomic mass is 14.9. The molecule has 0 amide bonds. The molecule has 0 aliphatic heterocycles. The summed E-state index contributed by atoms with van der Waals surface area (Å²) in [6.07, 6.45) is 4.71. The Bertz CT molecular complexity index is 394. The molecule has 1 nitrogen and oxygen atoms in total. The molecule has 0 saturated heterocycles. The van der Waals surface area contributed by atoms with Crippen molar-refractivity contribution in [2.75, 3.05) is 7.05 Å². The van der Waals surface area contributed by atoms with Gasteiger partial charge in [0.25, 0.3) is 0 Å². The van der Waals surface area contributed by atoms with Gasteiger partial charge in [-0.05, 0) is 43.9 Å².